The van der Waals surface area contributed by atoms with Gasteiger partial charge in [0.1, 0.15) is 0 Å². The molecule has 2 aliphatic heterocycles. The Balaban J connectivity index is 1.65. The summed E-state index contributed by atoms with van der Waals surface area (Å²) in [5, 5.41) is 12.0. The van der Waals surface area contributed by atoms with E-state index in [2.05, 4.69) is 90.7 Å². The smallest absolute Gasteiger partial charge is 0.0513 e. The minimum atomic E-state index is 0.248. The highest BCUT2D eigenvalue weighted by atomic mass is 16.3. The van der Waals surface area contributed by atoms with Gasteiger partial charge in [0.25, 0.3) is 0 Å². The fourth-order valence-electron chi connectivity index (χ4n) is 6.62. The predicted molar refractivity (Wildman–Crippen MR) is 128 cm³/mol. The second kappa shape index (κ2) is 8.29. The summed E-state index contributed by atoms with van der Waals surface area (Å²) < 4.78 is 2.44. The first-order valence-corrected chi connectivity index (χ1v) is 11.8. The van der Waals surface area contributed by atoms with Crippen molar-refractivity contribution in [1.29, 1.82) is 0 Å². The van der Waals surface area contributed by atoms with Crippen molar-refractivity contribution in [3.8, 4) is 0 Å². The number of aryl methyl sites for hydroxylation is 1. The molecule has 0 amide bonds. The first-order chi connectivity index (χ1) is 15.2. The van der Waals surface area contributed by atoms with Crippen molar-refractivity contribution in [2.24, 2.45) is 24.8 Å². The average molecular weight is 415 g/mol. The van der Waals surface area contributed by atoms with Crippen molar-refractivity contribution in [2.45, 2.75) is 44.8 Å². The molecule has 5 atom stereocenters. The molecule has 1 aromatic heterocycles. The van der Waals surface area contributed by atoms with E-state index < -0.39 is 0 Å². The monoisotopic (exact) mass is 414 g/mol. The number of allylic oxidation sites excluding steroid dienone is 1. The molecular weight excluding hydrogens is 380 g/mol. The van der Waals surface area contributed by atoms with Gasteiger partial charge in [-0.15, -0.1) is 6.58 Å². The maximum Gasteiger partial charge on any atom is 0.0513 e. The highest BCUT2D eigenvalue weighted by Gasteiger charge is 2.49. The van der Waals surface area contributed by atoms with Crippen LogP contribution in [-0.2, 0) is 20.0 Å². The summed E-state index contributed by atoms with van der Waals surface area (Å²) in [7, 11) is 2.24. The Morgan fingerprint density at radius 1 is 1.13 bits per heavy atom. The van der Waals surface area contributed by atoms with E-state index in [0.29, 0.717) is 23.9 Å². The van der Waals surface area contributed by atoms with Crippen molar-refractivity contribution < 1.29 is 5.11 Å². The third-order valence-electron chi connectivity index (χ3n) is 8.10. The number of aliphatic hydroxyl groups is 1. The van der Waals surface area contributed by atoms with E-state index in [0.717, 1.165) is 25.8 Å². The first kappa shape index (κ1) is 20.5. The van der Waals surface area contributed by atoms with Crippen LogP contribution in [0.15, 0.2) is 67.3 Å². The molecule has 1 fully saturated rings. The molecule has 3 aromatic rings. The molecule has 0 unspecified atom stereocenters. The standard InChI is InChI=1S/C28H34N2O/c1-4-20(5-2)22-15-27-28-23(21-13-9-10-14-25(21)29(28)3)16-26(24(22)18-31)30(27)17-19-11-7-6-8-12-19/h4,6-14,20,22,24,26-27,31H,1,5,15-18H2,2-3H3/t20-,22-,24+,26-,27-/m0/s1. The van der Waals surface area contributed by atoms with E-state index in [9.17, 15) is 5.11 Å². The third kappa shape index (κ3) is 3.26. The van der Waals surface area contributed by atoms with Crippen LogP contribution in [-0.4, -0.2) is 27.2 Å². The summed E-state index contributed by atoms with van der Waals surface area (Å²) in [5.41, 5.74) is 5.66. The van der Waals surface area contributed by atoms with Crippen LogP contribution in [0.2, 0.25) is 0 Å². The Labute approximate surface area is 186 Å². The summed E-state index contributed by atoms with van der Waals surface area (Å²) >= 11 is 0. The lowest BCUT2D eigenvalue weighted by Crippen LogP contribution is -2.56. The van der Waals surface area contributed by atoms with E-state index in [4.69, 9.17) is 0 Å². The predicted octanol–water partition coefficient (Wildman–Crippen LogP) is 5.49. The molecule has 3 heteroatoms. The van der Waals surface area contributed by atoms with Crippen molar-refractivity contribution in [1.82, 2.24) is 9.47 Å². The van der Waals surface area contributed by atoms with E-state index >= 15 is 0 Å². The van der Waals surface area contributed by atoms with Crippen molar-refractivity contribution in [2.75, 3.05) is 6.61 Å². The Kier molecular flexibility index (Phi) is 5.49. The quantitative estimate of drug-likeness (QED) is 0.541. The summed E-state index contributed by atoms with van der Waals surface area (Å²) in [4.78, 5) is 2.70. The Hall–Kier alpha value is -2.36. The molecule has 0 saturated carbocycles. The van der Waals surface area contributed by atoms with Gasteiger partial charge >= 0.3 is 0 Å². The van der Waals surface area contributed by atoms with Crippen LogP contribution >= 0.6 is 0 Å². The van der Waals surface area contributed by atoms with Gasteiger partial charge in [0.15, 0.2) is 0 Å². The highest BCUT2D eigenvalue weighted by Crippen LogP contribution is 2.51. The molecule has 5 rings (SSSR count). The van der Waals surface area contributed by atoms with Gasteiger partial charge in [0, 0.05) is 48.8 Å². The number of benzene rings is 2. The van der Waals surface area contributed by atoms with Crippen molar-refractivity contribution >= 4 is 10.9 Å². The molecule has 2 aliphatic rings. The average Bonchev–Trinajstić information content (AvgIpc) is 3.08. The number of nitrogens with zero attached hydrogens (tertiary/aromatic N) is 2. The van der Waals surface area contributed by atoms with Crippen molar-refractivity contribution in [3.05, 3.63) is 84.1 Å². The highest BCUT2D eigenvalue weighted by molar-refractivity contribution is 5.86. The minimum Gasteiger partial charge on any atom is -0.396 e. The zero-order valence-electron chi connectivity index (χ0n) is 18.7. The van der Waals surface area contributed by atoms with Gasteiger partial charge in [-0.25, -0.2) is 0 Å². The molecule has 0 spiro atoms. The lowest BCUT2D eigenvalue weighted by molar-refractivity contribution is -0.0527. The third-order valence-corrected chi connectivity index (χ3v) is 8.10. The maximum absolute atomic E-state index is 10.6. The molecule has 31 heavy (non-hydrogen) atoms. The first-order valence-electron chi connectivity index (χ1n) is 11.8. The number of para-hydroxylation sites is 1. The molecule has 2 bridgehead atoms. The lowest BCUT2D eigenvalue weighted by atomic mass is 9.65. The molecule has 162 valence electrons. The number of aliphatic hydroxyl groups excluding tert-OH is 1. The number of fused-ring (bicyclic) bond motifs is 6. The number of rotatable bonds is 6. The number of hydrogen-bond donors (Lipinski definition) is 1. The molecule has 1 saturated heterocycles. The van der Waals surface area contributed by atoms with Crippen LogP contribution in [0.3, 0.4) is 0 Å². The SMILES string of the molecule is C=C[C@@H](CC)[C@@H]1C[C@H]2c3c(c4ccccc4n3C)C[C@@H]([C@@H]1CO)N2Cc1ccccc1. The number of piperidine rings is 1. The van der Waals surface area contributed by atoms with Crippen LogP contribution in [0.5, 0.6) is 0 Å². The Morgan fingerprint density at radius 2 is 1.87 bits per heavy atom. The normalized spacial score (nSPS) is 26.5. The van der Waals surface area contributed by atoms with E-state index in [-0.39, 0.29) is 12.5 Å². The zero-order chi connectivity index (χ0) is 21.5. The molecule has 3 heterocycles. The Bertz CT molecular complexity index is 1070. The molecule has 0 radical (unpaired) electrons. The summed E-state index contributed by atoms with van der Waals surface area (Å²) in [6.45, 7) is 7.60. The van der Waals surface area contributed by atoms with Gasteiger partial charge in [0.2, 0.25) is 0 Å². The van der Waals surface area contributed by atoms with Crippen molar-refractivity contribution in [3.63, 3.8) is 0 Å². The molecule has 3 nitrogen and oxygen atoms in total. The summed E-state index contributed by atoms with van der Waals surface area (Å²) in [5.74, 6) is 1.20. The van der Waals surface area contributed by atoms with Crippen LogP contribution in [0.1, 0.15) is 42.6 Å². The minimum absolute atomic E-state index is 0.248. The van der Waals surface area contributed by atoms with Crippen LogP contribution in [0.4, 0.5) is 0 Å². The summed E-state index contributed by atoms with van der Waals surface area (Å²) in [6.07, 6.45) is 5.31. The fourth-order valence-corrected chi connectivity index (χ4v) is 6.62. The fraction of sp³-hybridized carbons (Fsp3) is 0.429. The number of hydrogen-bond acceptors (Lipinski definition) is 2. The van der Waals surface area contributed by atoms with Gasteiger partial charge in [-0.2, -0.15) is 0 Å². The maximum atomic E-state index is 10.6. The van der Waals surface area contributed by atoms with Gasteiger partial charge in [0.05, 0.1) is 6.04 Å². The van der Waals surface area contributed by atoms with E-state index in [1.165, 1.54) is 27.7 Å². The largest absolute Gasteiger partial charge is 0.396 e. The number of aromatic nitrogens is 1. The van der Waals surface area contributed by atoms with Gasteiger partial charge in [-0.1, -0.05) is 61.5 Å². The molecular formula is C28H34N2O. The molecule has 2 aromatic carbocycles. The van der Waals surface area contributed by atoms with E-state index in [1.54, 1.807) is 0 Å². The molecule has 0 aliphatic carbocycles. The van der Waals surface area contributed by atoms with Crippen LogP contribution in [0, 0.1) is 17.8 Å². The topological polar surface area (TPSA) is 28.4 Å². The van der Waals surface area contributed by atoms with E-state index in [1.807, 2.05) is 0 Å². The zero-order valence-corrected chi connectivity index (χ0v) is 18.7. The Morgan fingerprint density at radius 3 is 2.58 bits per heavy atom. The summed E-state index contributed by atoms with van der Waals surface area (Å²) in [6, 6.07) is 20.4. The van der Waals surface area contributed by atoms with Gasteiger partial charge in [-0.05, 0) is 48.3 Å². The molecule has 1 N–H and O–H groups in total. The second-order valence-electron chi connectivity index (χ2n) is 9.44. The lowest BCUT2D eigenvalue weighted by Gasteiger charge is -2.54. The van der Waals surface area contributed by atoms with Crippen LogP contribution < -0.4 is 0 Å². The second-order valence-corrected chi connectivity index (χ2v) is 9.44. The van der Waals surface area contributed by atoms with Gasteiger partial charge in [-0.3, -0.25) is 4.90 Å². The van der Waals surface area contributed by atoms with Crippen LogP contribution in [0.25, 0.3) is 10.9 Å². The van der Waals surface area contributed by atoms with Gasteiger partial charge < -0.3 is 9.67 Å².